The van der Waals surface area contributed by atoms with E-state index >= 15 is 0 Å². The van der Waals surface area contributed by atoms with Crippen LogP contribution in [0.5, 0.6) is 5.75 Å². The SMILES string of the molecule is CCOC(=O)C(C(=O)OCC)=C1C(=O)OC/C1=C\c1ccc(OC)cc1. The molecule has 0 unspecified atom stereocenters. The molecule has 1 fully saturated rings. The summed E-state index contributed by atoms with van der Waals surface area (Å²) in [5, 5.41) is 0. The van der Waals surface area contributed by atoms with Crippen LogP contribution in [0.4, 0.5) is 0 Å². The molecule has 0 spiro atoms. The van der Waals surface area contributed by atoms with Gasteiger partial charge in [-0.25, -0.2) is 14.4 Å². The van der Waals surface area contributed by atoms with Crippen LogP contribution in [0.1, 0.15) is 19.4 Å². The zero-order chi connectivity index (χ0) is 19.1. The molecule has 0 N–H and O–H groups in total. The van der Waals surface area contributed by atoms with Gasteiger partial charge in [-0.1, -0.05) is 12.1 Å². The lowest BCUT2D eigenvalue weighted by Gasteiger charge is -2.09. The standard InChI is InChI=1S/C19H20O7/c1-4-24-18(21)16(19(22)25-5-2)15-13(11-26-17(15)20)10-12-6-8-14(23-3)9-7-12/h6-10H,4-5,11H2,1-3H3/b13-10+. The van der Waals surface area contributed by atoms with E-state index in [-0.39, 0.29) is 25.4 Å². The van der Waals surface area contributed by atoms with Crippen LogP contribution >= 0.6 is 0 Å². The molecule has 7 nitrogen and oxygen atoms in total. The average Bonchev–Trinajstić information content (AvgIpc) is 2.97. The number of ether oxygens (including phenoxy) is 4. The van der Waals surface area contributed by atoms with Crippen molar-refractivity contribution in [3.63, 3.8) is 0 Å². The number of carbonyl (C=O) groups is 3. The van der Waals surface area contributed by atoms with Crippen molar-refractivity contribution in [1.82, 2.24) is 0 Å². The summed E-state index contributed by atoms with van der Waals surface area (Å²) < 4.78 is 20.0. The minimum atomic E-state index is -0.916. The molecular formula is C19H20O7. The first-order valence-corrected chi connectivity index (χ1v) is 8.12. The summed E-state index contributed by atoms with van der Waals surface area (Å²) in [7, 11) is 1.56. The molecule has 7 heteroatoms. The third-order valence-corrected chi connectivity index (χ3v) is 3.55. The number of carbonyl (C=O) groups excluding carboxylic acids is 3. The fourth-order valence-electron chi connectivity index (χ4n) is 2.39. The molecule has 1 aromatic rings. The first-order chi connectivity index (χ1) is 12.5. The quantitative estimate of drug-likeness (QED) is 0.252. The summed E-state index contributed by atoms with van der Waals surface area (Å²) in [5.74, 6) is -1.91. The van der Waals surface area contributed by atoms with Gasteiger partial charge in [0.2, 0.25) is 0 Å². The van der Waals surface area contributed by atoms with Crippen molar-refractivity contribution in [3.05, 3.63) is 46.5 Å². The lowest BCUT2D eigenvalue weighted by atomic mass is 10.00. The summed E-state index contributed by atoms with van der Waals surface area (Å²) in [4.78, 5) is 36.7. The highest BCUT2D eigenvalue weighted by Gasteiger charge is 2.36. The highest BCUT2D eigenvalue weighted by molar-refractivity contribution is 6.21. The van der Waals surface area contributed by atoms with Crippen molar-refractivity contribution >= 4 is 24.0 Å². The Balaban J connectivity index is 2.51. The summed E-state index contributed by atoms with van der Waals surface area (Å²) in [5.41, 5.74) is 0.577. The highest BCUT2D eigenvalue weighted by atomic mass is 16.6. The van der Waals surface area contributed by atoms with Crippen LogP contribution in [0.2, 0.25) is 0 Å². The van der Waals surface area contributed by atoms with Crippen LogP contribution in [0.3, 0.4) is 0 Å². The van der Waals surface area contributed by atoms with E-state index in [1.165, 1.54) is 0 Å². The minimum absolute atomic E-state index is 0.0531. The molecule has 1 aliphatic heterocycles. The molecular weight excluding hydrogens is 340 g/mol. The molecule has 1 heterocycles. The van der Waals surface area contributed by atoms with Crippen molar-refractivity contribution in [1.29, 1.82) is 0 Å². The monoisotopic (exact) mass is 360 g/mol. The van der Waals surface area contributed by atoms with E-state index in [1.54, 1.807) is 51.3 Å². The van der Waals surface area contributed by atoms with Crippen molar-refractivity contribution < 1.29 is 33.3 Å². The summed E-state index contributed by atoms with van der Waals surface area (Å²) in [6.07, 6.45) is 1.66. The molecule has 0 aliphatic carbocycles. The molecule has 0 aromatic heterocycles. The van der Waals surface area contributed by atoms with Gasteiger partial charge in [0.25, 0.3) is 0 Å². The van der Waals surface area contributed by atoms with Gasteiger partial charge in [-0.3, -0.25) is 0 Å². The maximum Gasteiger partial charge on any atom is 0.346 e. The number of benzene rings is 1. The van der Waals surface area contributed by atoms with Gasteiger partial charge >= 0.3 is 17.9 Å². The molecule has 138 valence electrons. The molecule has 26 heavy (non-hydrogen) atoms. The largest absolute Gasteiger partial charge is 0.497 e. The fourth-order valence-corrected chi connectivity index (χ4v) is 2.39. The van der Waals surface area contributed by atoms with Crippen molar-refractivity contribution in [2.45, 2.75) is 13.8 Å². The third kappa shape index (κ3) is 4.30. The van der Waals surface area contributed by atoms with E-state index < -0.39 is 23.5 Å². The molecule has 0 amide bonds. The molecule has 0 bridgehead atoms. The Bertz CT molecular complexity index is 737. The maximum absolute atomic E-state index is 12.2. The van der Waals surface area contributed by atoms with Crippen LogP contribution < -0.4 is 4.74 Å². The first-order valence-electron chi connectivity index (χ1n) is 8.12. The Morgan fingerprint density at radius 2 is 1.65 bits per heavy atom. The average molecular weight is 360 g/mol. The Morgan fingerprint density at radius 3 is 2.15 bits per heavy atom. The zero-order valence-electron chi connectivity index (χ0n) is 14.9. The van der Waals surface area contributed by atoms with Crippen molar-refractivity contribution in [3.8, 4) is 5.75 Å². The summed E-state index contributed by atoms with van der Waals surface area (Å²) in [6.45, 7) is 3.27. The van der Waals surface area contributed by atoms with E-state index in [4.69, 9.17) is 18.9 Å². The molecule has 0 atom stereocenters. The maximum atomic E-state index is 12.2. The predicted molar refractivity (Wildman–Crippen MR) is 92.2 cm³/mol. The summed E-state index contributed by atoms with van der Waals surface area (Å²) in [6, 6.07) is 7.07. The van der Waals surface area contributed by atoms with Crippen LogP contribution in [-0.4, -0.2) is 44.8 Å². The smallest absolute Gasteiger partial charge is 0.346 e. The number of esters is 3. The van der Waals surface area contributed by atoms with Gasteiger partial charge in [0, 0.05) is 5.57 Å². The van der Waals surface area contributed by atoms with Crippen LogP contribution in [0.25, 0.3) is 6.08 Å². The van der Waals surface area contributed by atoms with E-state index in [0.29, 0.717) is 11.3 Å². The molecule has 0 radical (unpaired) electrons. The van der Waals surface area contributed by atoms with E-state index in [1.807, 2.05) is 0 Å². The lowest BCUT2D eigenvalue weighted by molar-refractivity contribution is -0.147. The summed E-state index contributed by atoms with van der Waals surface area (Å²) >= 11 is 0. The van der Waals surface area contributed by atoms with Gasteiger partial charge in [0.15, 0.2) is 5.57 Å². The van der Waals surface area contributed by atoms with Crippen LogP contribution in [-0.2, 0) is 28.6 Å². The Hall–Kier alpha value is -3.09. The van der Waals surface area contributed by atoms with Gasteiger partial charge in [-0.05, 0) is 37.6 Å². The Kier molecular flexibility index (Phi) is 6.54. The topological polar surface area (TPSA) is 88.1 Å². The highest BCUT2D eigenvalue weighted by Crippen LogP contribution is 2.28. The van der Waals surface area contributed by atoms with Gasteiger partial charge < -0.3 is 18.9 Å². The number of rotatable bonds is 6. The Labute approximate surface area is 151 Å². The van der Waals surface area contributed by atoms with Crippen molar-refractivity contribution in [2.75, 3.05) is 26.9 Å². The lowest BCUT2D eigenvalue weighted by Crippen LogP contribution is -2.22. The molecule has 0 saturated carbocycles. The second-order valence-corrected chi connectivity index (χ2v) is 5.21. The number of methoxy groups -OCH3 is 1. The minimum Gasteiger partial charge on any atom is -0.497 e. The molecule has 1 aliphatic rings. The zero-order valence-corrected chi connectivity index (χ0v) is 14.9. The van der Waals surface area contributed by atoms with Gasteiger partial charge in [-0.2, -0.15) is 0 Å². The third-order valence-electron chi connectivity index (χ3n) is 3.55. The predicted octanol–water partition coefficient (Wildman–Crippen LogP) is 2.06. The normalized spacial score (nSPS) is 14.8. The number of hydrogen-bond donors (Lipinski definition) is 0. The van der Waals surface area contributed by atoms with Crippen molar-refractivity contribution in [2.24, 2.45) is 0 Å². The molecule has 1 saturated heterocycles. The molecule has 1 aromatic carbocycles. The van der Waals surface area contributed by atoms with Crippen LogP contribution in [0, 0.1) is 0 Å². The second-order valence-electron chi connectivity index (χ2n) is 5.21. The van der Waals surface area contributed by atoms with E-state index in [0.717, 1.165) is 5.56 Å². The number of hydrogen-bond acceptors (Lipinski definition) is 7. The fraction of sp³-hybridized carbons (Fsp3) is 0.316. The van der Waals surface area contributed by atoms with E-state index in [2.05, 4.69) is 0 Å². The Morgan fingerprint density at radius 1 is 1.08 bits per heavy atom. The second kappa shape index (κ2) is 8.84. The first kappa shape index (κ1) is 19.2. The van der Waals surface area contributed by atoms with Gasteiger partial charge in [0.1, 0.15) is 12.4 Å². The number of cyclic esters (lactones) is 1. The molecule has 2 rings (SSSR count). The van der Waals surface area contributed by atoms with Gasteiger partial charge in [-0.15, -0.1) is 0 Å². The van der Waals surface area contributed by atoms with Gasteiger partial charge in [0.05, 0.1) is 25.9 Å². The van der Waals surface area contributed by atoms with Crippen LogP contribution in [0.15, 0.2) is 41.0 Å². The van der Waals surface area contributed by atoms with E-state index in [9.17, 15) is 14.4 Å².